The lowest BCUT2D eigenvalue weighted by Crippen LogP contribution is -2.24. The second-order valence-corrected chi connectivity index (χ2v) is 5.67. The second-order valence-electron chi connectivity index (χ2n) is 5.67. The summed E-state index contributed by atoms with van der Waals surface area (Å²) in [5.74, 6) is 0.540. The molecule has 0 fully saturated rings. The monoisotopic (exact) mass is 366 g/mol. The van der Waals surface area contributed by atoms with Crippen molar-refractivity contribution in [3.05, 3.63) is 77.7 Å². The van der Waals surface area contributed by atoms with Crippen molar-refractivity contribution in [2.75, 3.05) is 11.9 Å². The summed E-state index contributed by atoms with van der Waals surface area (Å²) >= 11 is 0. The van der Waals surface area contributed by atoms with E-state index in [1.807, 2.05) is 31.2 Å². The molecule has 1 heterocycles. The fourth-order valence-corrected chi connectivity index (χ4v) is 2.38. The number of ether oxygens (including phenoxy) is 1. The molecule has 1 aromatic heterocycles. The van der Waals surface area contributed by atoms with Crippen molar-refractivity contribution < 1.29 is 13.9 Å². The summed E-state index contributed by atoms with van der Waals surface area (Å²) < 4.78 is 18.4. The van der Waals surface area contributed by atoms with Crippen LogP contribution in [0, 0.1) is 5.82 Å². The molecular weight excluding hydrogens is 347 g/mol. The smallest absolute Gasteiger partial charge is 0.272 e. The number of rotatable bonds is 7. The summed E-state index contributed by atoms with van der Waals surface area (Å²) in [5, 5.41) is 13.8. The van der Waals surface area contributed by atoms with Crippen LogP contribution >= 0.6 is 0 Å². The molecule has 0 aliphatic carbocycles. The van der Waals surface area contributed by atoms with Crippen LogP contribution in [0.25, 0.3) is 0 Å². The Kier molecular flexibility index (Phi) is 5.94. The highest BCUT2D eigenvalue weighted by atomic mass is 19.1. The van der Waals surface area contributed by atoms with E-state index in [0.29, 0.717) is 18.2 Å². The van der Waals surface area contributed by atoms with Gasteiger partial charge in [-0.25, -0.2) is 4.39 Å². The Hall–Kier alpha value is -3.48. The van der Waals surface area contributed by atoms with Crippen LogP contribution in [0.2, 0.25) is 0 Å². The molecule has 0 radical (unpaired) electrons. The number of amides is 1. The predicted molar refractivity (Wildman–Crippen MR) is 100 cm³/mol. The van der Waals surface area contributed by atoms with E-state index >= 15 is 0 Å². The van der Waals surface area contributed by atoms with E-state index in [0.717, 1.165) is 11.3 Å². The maximum Gasteiger partial charge on any atom is 0.272 e. The zero-order valence-corrected chi connectivity index (χ0v) is 14.8. The highest BCUT2D eigenvalue weighted by molar-refractivity contribution is 5.92. The molecule has 1 amide bonds. The summed E-state index contributed by atoms with van der Waals surface area (Å²) in [7, 11) is 0. The molecule has 3 rings (SSSR count). The zero-order valence-electron chi connectivity index (χ0n) is 14.8. The number of hydrogen-bond acceptors (Lipinski definition) is 5. The lowest BCUT2D eigenvalue weighted by Gasteiger charge is -2.11. The Morgan fingerprint density at radius 3 is 2.52 bits per heavy atom. The molecule has 6 nitrogen and oxygen atoms in total. The SMILES string of the molecule is CCOc1ccccc1Nc1ccc(C(=O)NCc2ccc(F)cc2)nn1. The van der Waals surface area contributed by atoms with Gasteiger partial charge in [0.1, 0.15) is 11.6 Å². The number of benzene rings is 2. The van der Waals surface area contributed by atoms with Crippen LogP contribution in [-0.4, -0.2) is 22.7 Å². The van der Waals surface area contributed by atoms with Crippen LogP contribution < -0.4 is 15.4 Å². The summed E-state index contributed by atoms with van der Waals surface area (Å²) in [4.78, 5) is 12.2. The average molecular weight is 366 g/mol. The third-order valence-electron chi connectivity index (χ3n) is 3.71. The second kappa shape index (κ2) is 8.75. The number of hydrogen-bond donors (Lipinski definition) is 2. The number of carbonyl (C=O) groups is 1. The van der Waals surface area contributed by atoms with Gasteiger partial charge in [-0.2, -0.15) is 0 Å². The molecule has 2 aromatic carbocycles. The van der Waals surface area contributed by atoms with Crippen molar-refractivity contribution >= 4 is 17.4 Å². The molecule has 138 valence electrons. The third-order valence-corrected chi connectivity index (χ3v) is 3.71. The molecule has 0 aliphatic heterocycles. The Morgan fingerprint density at radius 1 is 1.04 bits per heavy atom. The third kappa shape index (κ3) is 5.01. The molecule has 27 heavy (non-hydrogen) atoms. The van der Waals surface area contributed by atoms with E-state index in [1.165, 1.54) is 12.1 Å². The number of nitrogens with one attached hydrogen (secondary N) is 2. The van der Waals surface area contributed by atoms with Crippen LogP contribution in [0.5, 0.6) is 5.75 Å². The van der Waals surface area contributed by atoms with Crippen LogP contribution in [0.15, 0.2) is 60.7 Å². The average Bonchev–Trinajstić information content (AvgIpc) is 2.69. The van der Waals surface area contributed by atoms with Gasteiger partial charge in [0.15, 0.2) is 11.5 Å². The number of aromatic nitrogens is 2. The maximum absolute atomic E-state index is 12.9. The highest BCUT2D eigenvalue weighted by Crippen LogP contribution is 2.26. The first-order valence-corrected chi connectivity index (χ1v) is 8.51. The first-order chi connectivity index (χ1) is 13.2. The quantitative estimate of drug-likeness (QED) is 0.667. The van der Waals surface area contributed by atoms with Gasteiger partial charge in [-0.05, 0) is 48.9 Å². The first kappa shape index (κ1) is 18.3. The van der Waals surface area contributed by atoms with E-state index in [9.17, 15) is 9.18 Å². The minimum Gasteiger partial charge on any atom is -0.492 e. The molecule has 2 N–H and O–H groups in total. The molecule has 0 atom stereocenters. The standard InChI is InChI=1S/C20H19FN4O2/c1-2-27-18-6-4-3-5-16(18)23-19-12-11-17(24-25-19)20(26)22-13-14-7-9-15(21)10-8-14/h3-12H,2,13H2,1H3,(H,22,26)(H,23,25). The van der Waals surface area contributed by atoms with Gasteiger partial charge < -0.3 is 15.4 Å². The van der Waals surface area contributed by atoms with E-state index in [2.05, 4.69) is 20.8 Å². The van der Waals surface area contributed by atoms with Gasteiger partial charge in [-0.15, -0.1) is 10.2 Å². The molecule has 0 spiro atoms. The van der Waals surface area contributed by atoms with E-state index < -0.39 is 0 Å². The molecular formula is C20H19FN4O2. The minimum atomic E-state index is -0.354. The van der Waals surface area contributed by atoms with Crippen molar-refractivity contribution in [2.45, 2.75) is 13.5 Å². The van der Waals surface area contributed by atoms with Crippen molar-refractivity contribution in [2.24, 2.45) is 0 Å². The topological polar surface area (TPSA) is 76.1 Å². The van der Waals surface area contributed by atoms with Crippen molar-refractivity contribution in [1.29, 1.82) is 0 Å². The van der Waals surface area contributed by atoms with Gasteiger partial charge in [0.25, 0.3) is 5.91 Å². The fourth-order valence-electron chi connectivity index (χ4n) is 2.38. The Balaban J connectivity index is 1.61. The normalized spacial score (nSPS) is 10.3. The lowest BCUT2D eigenvalue weighted by molar-refractivity contribution is 0.0945. The van der Waals surface area contributed by atoms with Gasteiger partial charge >= 0.3 is 0 Å². The van der Waals surface area contributed by atoms with Crippen LogP contribution in [-0.2, 0) is 6.54 Å². The number of carbonyl (C=O) groups excluding carboxylic acids is 1. The number of para-hydroxylation sites is 2. The zero-order chi connectivity index (χ0) is 19.1. The van der Waals surface area contributed by atoms with Gasteiger partial charge in [-0.3, -0.25) is 4.79 Å². The van der Waals surface area contributed by atoms with Crippen LogP contribution in [0.3, 0.4) is 0 Å². The molecule has 0 saturated heterocycles. The van der Waals surface area contributed by atoms with E-state index in [4.69, 9.17) is 4.74 Å². The van der Waals surface area contributed by atoms with Gasteiger partial charge in [0, 0.05) is 6.54 Å². The maximum atomic E-state index is 12.9. The largest absolute Gasteiger partial charge is 0.492 e. The van der Waals surface area contributed by atoms with E-state index in [-0.39, 0.29) is 24.0 Å². The van der Waals surface area contributed by atoms with Crippen LogP contribution in [0.1, 0.15) is 23.0 Å². The Labute approximate surface area is 156 Å². The first-order valence-electron chi connectivity index (χ1n) is 8.51. The summed E-state index contributed by atoms with van der Waals surface area (Å²) in [5.41, 5.74) is 1.76. The van der Waals surface area contributed by atoms with Crippen molar-refractivity contribution in [3.8, 4) is 5.75 Å². The summed E-state index contributed by atoms with van der Waals surface area (Å²) in [6, 6.07) is 16.7. The van der Waals surface area contributed by atoms with Crippen molar-refractivity contribution in [1.82, 2.24) is 15.5 Å². The number of nitrogens with zero attached hydrogens (tertiary/aromatic N) is 2. The van der Waals surface area contributed by atoms with Crippen LogP contribution in [0.4, 0.5) is 15.9 Å². The predicted octanol–water partition coefficient (Wildman–Crippen LogP) is 3.69. The number of anilines is 2. The Bertz CT molecular complexity index is 899. The molecule has 3 aromatic rings. The molecule has 0 aliphatic rings. The molecule has 0 saturated carbocycles. The van der Waals surface area contributed by atoms with Gasteiger partial charge in [-0.1, -0.05) is 24.3 Å². The lowest BCUT2D eigenvalue weighted by atomic mass is 10.2. The molecule has 0 unspecified atom stereocenters. The molecule has 0 bridgehead atoms. The number of halogens is 1. The summed E-state index contributed by atoms with van der Waals surface area (Å²) in [6.45, 7) is 2.75. The fraction of sp³-hybridized carbons (Fsp3) is 0.150. The minimum absolute atomic E-state index is 0.195. The molecule has 7 heteroatoms. The highest BCUT2D eigenvalue weighted by Gasteiger charge is 2.09. The van der Waals surface area contributed by atoms with Crippen molar-refractivity contribution in [3.63, 3.8) is 0 Å². The van der Waals surface area contributed by atoms with Gasteiger partial charge in [0.05, 0.1) is 12.3 Å². The Morgan fingerprint density at radius 2 is 1.81 bits per heavy atom. The van der Waals surface area contributed by atoms with Gasteiger partial charge in [0.2, 0.25) is 0 Å². The van der Waals surface area contributed by atoms with E-state index in [1.54, 1.807) is 24.3 Å². The summed E-state index contributed by atoms with van der Waals surface area (Å²) in [6.07, 6.45) is 0.